The second-order valence-electron chi connectivity index (χ2n) is 4.32. The Labute approximate surface area is 66.9 Å². The third kappa shape index (κ3) is 0.574. The molecule has 3 saturated carbocycles. The molecule has 3 aliphatic carbocycles. The summed E-state index contributed by atoms with van der Waals surface area (Å²) in [6.45, 7) is 1.37. The van der Waals surface area contributed by atoms with Crippen molar-refractivity contribution in [3.8, 4) is 0 Å². The molecule has 0 unspecified atom stereocenters. The van der Waals surface area contributed by atoms with Crippen molar-refractivity contribution in [1.82, 2.24) is 0 Å². The highest BCUT2D eigenvalue weighted by Crippen LogP contribution is 3.10. The van der Waals surface area contributed by atoms with E-state index < -0.39 is 0 Å². The van der Waals surface area contributed by atoms with E-state index >= 15 is 0 Å². The zero-order valence-corrected chi connectivity index (χ0v) is 6.93. The lowest BCUT2D eigenvalue weighted by Gasteiger charge is -2.20. The van der Waals surface area contributed by atoms with Crippen molar-refractivity contribution in [2.45, 2.75) is 19.3 Å². The Hall–Kier alpha value is -0.0800. The van der Waals surface area contributed by atoms with Gasteiger partial charge in [-0.05, 0) is 36.0 Å². The first-order valence-electron chi connectivity index (χ1n) is 4.42. The second kappa shape index (κ2) is 1.64. The first-order valence-corrected chi connectivity index (χ1v) is 4.42. The Bertz CT molecular complexity index is 180. The van der Waals surface area contributed by atoms with Crippen LogP contribution < -0.4 is 0 Å². The third-order valence-corrected chi connectivity index (χ3v) is 4.01. The predicted octanol–water partition coefficient (Wildman–Crippen LogP) is 1.41. The predicted molar refractivity (Wildman–Crippen MR) is 40.0 cm³/mol. The normalized spacial score (nSPS) is 54.8. The topological polar surface area (TPSA) is 18.5 Å². The minimum absolute atomic E-state index is 0.465. The highest BCUT2D eigenvalue weighted by atomic mass is 16.7. The summed E-state index contributed by atoms with van der Waals surface area (Å²) in [5.74, 6) is 1.06. The van der Waals surface area contributed by atoms with E-state index in [-0.39, 0.29) is 0 Å². The summed E-state index contributed by atoms with van der Waals surface area (Å²) >= 11 is 0. The van der Waals surface area contributed by atoms with Crippen LogP contribution in [0.25, 0.3) is 0 Å². The molecule has 3 rings (SSSR count). The molecule has 11 heavy (non-hydrogen) atoms. The van der Waals surface area contributed by atoms with Crippen LogP contribution >= 0.6 is 0 Å². The molecule has 0 aromatic rings. The highest BCUT2D eigenvalue weighted by Gasteiger charge is 3.03. The lowest BCUT2D eigenvalue weighted by atomic mass is 9.86. The first kappa shape index (κ1) is 6.44. The van der Waals surface area contributed by atoms with E-state index in [1.165, 1.54) is 6.42 Å². The molecule has 0 saturated heterocycles. The average molecular weight is 154 g/mol. The maximum Gasteiger partial charge on any atom is 0.146 e. The summed E-state index contributed by atoms with van der Waals surface area (Å²) in [6.07, 6.45) is 4.38. The van der Waals surface area contributed by atoms with Crippen LogP contribution in [0.5, 0.6) is 0 Å². The third-order valence-electron chi connectivity index (χ3n) is 4.01. The van der Waals surface area contributed by atoms with E-state index in [0.717, 1.165) is 23.4 Å². The highest BCUT2D eigenvalue weighted by molar-refractivity contribution is 5.51. The lowest BCUT2D eigenvalue weighted by Crippen LogP contribution is -2.14. The minimum atomic E-state index is 0.465. The van der Waals surface area contributed by atoms with Gasteiger partial charge in [0.05, 0.1) is 0 Å². The number of methoxy groups -OCH3 is 1. The number of hydrogen-bond donors (Lipinski definition) is 0. The number of ether oxygens (including phenoxy) is 2. The van der Waals surface area contributed by atoms with Crippen LogP contribution in [0.15, 0.2) is 0 Å². The second-order valence-corrected chi connectivity index (χ2v) is 4.32. The van der Waals surface area contributed by atoms with Crippen LogP contribution in [0.1, 0.15) is 19.3 Å². The van der Waals surface area contributed by atoms with Gasteiger partial charge in [0.25, 0.3) is 0 Å². The molecule has 0 amide bonds. The molecule has 0 N–H and O–H groups in total. The van der Waals surface area contributed by atoms with Gasteiger partial charge in [0.15, 0.2) is 0 Å². The van der Waals surface area contributed by atoms with Gasteiger partial charge in [-0.1, -0.05) is 0 Å². The van der Waals surface area contributed by atoms with Crippen molar-refractivity contribution in [2.75, 3.05) is 20.5 Å². The smallest absolute Gasteiger partial charge is 0.146 e. The molecule has 0 atom stereocenters. The Morgan fingerprint density at radius 1 is 1.36 bits per heavy atom. The summed E-state index contributed by atoms with van der Waals surface area (Å²) in [5, 5.41) is 0. The van der Waals surface area contributed by atoms with Crippen molar-refractivity contribution >= 4 is 0 Å². The van der Waals surface area contributed by atoms with Crippen LogP contribution in [0.4, 0.5) is 0 Å². The Kier molecular flexibility index (Phi) is 0.961. The van der Waals surface area contributed by atoms with Crippen LogP contribution in [-0.2, 0) is 9.47 Å². The molecule has 0 radical (unpaired) electrons. The summed E-state index contributed by atoms with van der Waals surface area (Å²) in [5.41, 5.74) is 1.81. The fourth-order valence-electron chi connectivity index (χ4n) is 2.95. The number of rotatable bonds is 5. The summed E-state index contributed by atoms with van der Waals surface area (Å²) in [7, 11) is 1.67. The molecule has 2 heteroatoms. The Morgan fingerprint density at radius 2 is 2.09 bits per heavy atom. The first-order chi connectivity index (χ1) is 5.36. The molecule has 0 spiro atoms. The van der Waals surface area contributed by atoms with Gasteiger partial charge in [0.1, 0.15) is 6.79 Å². The maximum atomic E-state index is 5.24. The molecule has 0 heterocycles. The van der Waals surface area contributed by atoms with Gasteiger partial charge < -0.3 is 9.47 Å². The lowest BCUT2D eigenvalue weighted by molar-refractivity contribution is -0.0359. The molecule has 2 nitrogen and oxygen atoms in total. The summed E-state index contributed by atoms with van der Waals surface area (Å²) in [4.78, 5) is 0. The van der Waals surface area contributed by atoms with Crippen LogP contribution in [-0.4, -0.2) is 20.5 Å². The molecule has 0 aliphatic heterocycles. The number of hydrogen-bond acceptors (Lipinski definition) is 2. The average Bonchev–Trinajstić information content (AvgIpc) is 2.74. The fourth-order valence-corrected chi connectivity index (χ4v) is 2.95. The monoisotopic (exact) mass is 154 g/mol. The molecular weight excluding hydrogens is 140 g/mol. The van der Waals surface area contributed by atoms with Crippen molar-refractivity contribution in [2.24, 2.45) is 16.7 Å². The Balaban J connectivity index is 1.32. The standard InChI is InChI=1S/C9H14O2/c1-10-6-11-3-2-7-8-4-9(7,8)5-8/h7H,2-6H2,1H3. The molecule has 3 fully saturated rings. The molecule has 0 bridgehead atoms. The van der Waals surface area contributed by atoms with E-state index in [1.807, 2.05) is 0 Å². The van der Waals surface area contributed by atoms with Crippen molar-refractivity contribution in [3.63, 3.8) is 0 Å². The summed E-state index contributed by atoms with van der Waals surface area (Å²) in [6, 6.07) is 0. The molecule has 0 aromatic heterocycles. The van der Waals surface area contributed by atoms with Gasteiger partial charge >= 0.3 is 0 Å². The van der Waals surface area contributed by atoms with Gasteiger partial charge in [0.2, 0.25) is 0 Å². The van der Waals surface area contributed by atoms with Gasteiger partial charge in [-0.15, -0.1) is 0 Å². The molecule has 3 aliphatic rings. The largest absolute Gasteiger partial charge is 0.359 e. The summed E-state index contributed by atoms with van der Waals surface area (Å²) < 4.78 is 10.0. The van der Waals surface area contributed by atoms with Crippen LogP contribution in [0, 0.1) is 16.7 Å². The molecule has 62 valence electrons. The fraction of sp³-hybridized carbons (Fsp3) is 1.00. The van der Waals surface area contributed by atoms with Crippen molar-refractivity contribution < 1.29 is 9.47 Å². The quantitative estimate of drug-likeness (QED) is 0.440. The van der Waals surface area contributed by atoms with E-state index in [2.05, 4.69) is 0 Å². The minimum Gasteiger partial charge on any atom is -0.359 e. The Morgan fingerprint density at radius 3 is 2.55 bits per heavy atom. The molecule has 0 aromatic carbocycles. The van der Waals surface area contributed by atoms with Gasteiger partial charge in [-0.3, -0.25) is 0 Å². The van der Waals surface area contributed by atoms with E-state index in [4.69, 9.17) is 9.47 Å². The zero-order valence-electron chi connectivity index (χ0n) is 6.93. The van der Waals surface area contributed by atoms with Crippen molar-refractivity contribution in [3.05, 3.63) is 0 Å². The van der Waals surface area contributed by atoms with E-state index in [0.29, 0.717) is 6.79 Å². The molecular formula is C9H14O2. The van der Waals surface area contributed by atoms with E-state index in [1.54, 1.807) is 20.0 Å². The van der Waals surface area contributed by atoms with Crippen molar-refractivity contribution in [1.29, 1.82) is 0 Å². The van der Waals surface area contributed by atoms with E-state index in [9.17, 15) is 0 Å². The SMILES string of the molecule is COCOCCC1C23CC12C3. The van der Waals surface area contributed by atoms with Crippen LogP contribution in [0.3, 0.4) is 0 Å². The van der Waals surface area contributed by atoms with Gasteiger partial charge in [0, 0.05) is 13.7 Å². The maximum absolute atomic E-state index is 5.24. The zero-order chi connectivity index (χ0) is 7.53. The van der Waals surface area contributed by atoms with Gasteiger partial charge in [-0.25, -0.2) is 0 Å². The van der Waals surface area contributed by atoms with Crippen LogP contribution in [0.2, 0.25) is 0 Å². The van der Waals surface area contributed by atoms with Gasteiger partial charge in [-0.2, -0.15) is 0 Å².